The molecule has 8 heteroatoms. The highest BCUT2D eigenvalue weighted by molar-refractivity contribution is 5.73. The quantitative estimate of drug-likeness (QED) is 0.666. The Morgan fingerprint density at radius 2 is 2.11 bits per heavy atom. The summed E-state index contributed by atoms with van der Waals surface area (Å²) in [6, 6.07) is -0.404. The number of halogens is 3. The molecule has 2 amide bonds. The molecule has 1 rings (SSSR count). The van der Waals surface area contributed by atoms with E-state index >= 15 is 0 Å². The van der Waals surface area contributed by atoms with Crippen LogP contribution in [0.2, 0.25) is 0 Å². The number of hydrogen-bond donors (Lipinski definition) is 3. The molecule has 1 unspecified atom stereocenters. The molecule has 3 N–H and O–H groups in total. The monoisotopic (exact) mass is 269 g/mol. The minimum atomic E-state index is -4.17. The van der Waals surface area contributed by atoms with Crippen molar-refractivity contribution in [2.24, 2.45) is 5.92 Å². The van der Waals surface area contributed by atoms with Crippen molar-refractivity contribution < 1.29 is 23.1 Å². The lowest BCUT2D eigenvalue weighted by Gasteiger charge is -2.18. The number of aliphatic hydroxyl groups excluding tert-OH is 1. The second-order valence-electron chi connectivity index (χ2n) is 4.37. The summed E-state index contributed by atoms with van der Waals surface area (Å²) in [4.78, 5) is 12.5. The molecule has 1 saturated heterocycles. The summed E-state index contributed by atoms with van der Waals surface area (Å²) in [6.45, 7) is 0.239. The molecular weight excluding hydrogens is 251 g/mol. The first kappa shape index (κ1) is 15.0. The second-order valence-corrected chi connectivity index (χ2v) is 4.37. The number of hydrogen-bond acceptors (Lipinski definition) is 3. The van der Waals surface area contributed by atoms with E-state index < -0.39 is 18.8 Å². The van der Waals surface area contributed by atoms with E-state index in [-0.39, 0.29) is 19.1 Å². The SMILES string of the molecule is O=C(NCCO)NCC1CCN(CC(F)(F)F)C1. The van der Waals surface area contributed by atoms with Gasteiger partial charge in [0.2, 0.25) is 0 Å². The Labute approximate surface area is 103 Å². The number of carbonyl (C=O) groups excluding carboxylic acids is 1. The highest BCUT2D eigenvalue weighted by atomic mass is 19.4. The highest BCUT2D eigenvalue weighted by Gasteiger charge is 2.34. The van der Waals surface area contributed by atoms with E-state index in [1.54, 1.807) is 0 Å². The Kier molecular flexibility index (Phi) is 5.67. The third-order valence-corrected chi connectivity index (χ3v) is 2.72. The Hall–Kier alpha value is -1.02. The van der Waals surface area contributed by atoms with Gasteiger partial charge >= 0.3 is 12.2 Å². The van der Waals surface area contributed by atoms with Gasteiger partial charge in [0.05, 0.1) is 13.2 Å². The van der Waals surface area contributed by atoms with E-state index in [9.17, 15) is 18.0 Å². The molecule has 106 valence electrons. The van der Waals surface area contributed by atoms with Crippen LogP contribution < -0.4 is 10.6 Å². The molecule has 0 saturated carbocycles. The molecule has 1 atom stereocenters. The predicted octanol–water partition coefficient (Wildman–Crippen LogP) is 0.162. The van der Waals surface area contributed by atoms with Crippen molar-refractivity contribution in [3.8, 4) is 0 Å². The molecule has 0 aromatic rings. The number of likely N-dealkylation sites (tertiary alicyclic amines) is 1. The molecule has 1 fully saturated rings. The van der Waals surface area contributed by atoms with E-state index in [4.69, 9.17) is 5.11 Å². The maximum Gasteiger partial charge on any atom is 0.401 e. The Bertz CT molecular complexity index is 274. The molecule has 0 spiro atoms. The molecule has 1 aliphatic heterocycles. The number of amides is 2. The molecule has 0 bridgehead atoms. The van der Waals surface area contributed by atoms with Crippen molar-refractivity contribution in [2.45, 2.75) is 12.6 Å². The number of alkyl halides is 3. The molecule has 0 radical (unpaired) electrons. The van der Waals surface area contributed by atoms with Crippen molar-refractivity contribution in [3.05, 3.63) is 0 Å². The van der Waals surface area contributed by atoms with Gasteiger partial charge in [0.15, 0.2) is 0 Å². The van der Waals surface area contributed by atoms with Crippen LogP contribution in [0.1, 0.15) is 6.42 Å². The molecule has 1 heterocycles. The largest absolute Gasteiger partial charge is 0.401 e. The van der Waals surface area contributed by atoms with Gasteiger partial charge in [-0.25, -0.2) is 4.79 Å². The zero-order chi connectivity index (χ0) is 13.6. The molecular formula is C10H18F3N3O2. The van der Waals surface area contributed by atoms with Crippen LogP contribution in [0.5, 0.6) is 0 Å². The number of rotatable bonds is 5. The Balaban J connectivity index is 2.16. The third-order valence-electron chi connectivity index (χ3n) is 2.72. The van der Waals surface area contributed by atoms with E-state index in [0.29, 0.717) is 26.1 Å². The average Bonchev–Trinajstić information content (AvgIpc) is 2.68. The zero-order valence-electron chi connectivity index (χ0n) is 9.96. The summed E-state index contributed by atoms with van der Waals surface area (Å²) in [6.07, 6.45) is -3.52. The predicted molar refractivity (Wildman–Crippen MR) is 59.1 cm³/mol. The van der Waals surface area contributed by atoms with Crippen LogP contribution in [0.3, 0.4) is 0 Å². The summed E-state index contributed by atoms with van der Waals surface area (Å²) in [5.41, 5.74) is 0. The van der Waals surface area contributed by atoms with Crippen LogP contribution in [0, 0.1) is 5.92 Å². The first-order chi connectivity index (χ1) is 8.40. The summed E-state index contributed by atoms with van der Waals surface area (Å²) < 4.78 is 36.4. The fraction of sp³-hybridized carbons (Fsp3) is 0.900. The third kappa shape index (κ3) is 6.06. The summed E-state index contributed by atoms with van der Waals surface area (Å²) in [5, 5.41) is 13.5. The highest BCUT2D eigenvalue weighted by Crippen LogP contribution is 2.22. The molecule has 5 nitrogen and oxygen atoms in total. The van der Waals surface area contributed by atoms with Crippen molar-refractivity contribution in [1.29, 1.82) is 0 Å². The number of nitrogens with zero attached hydrogens (tertiary/aromatic N) is 1. The van der Waals surface area contributed by atoms with Crippen molar-refractivity contribution in [3.63, 3.8) is 0 Å². The van der Waals surface area contributed by atoms with Gasteiger partial charge in [0.25, 0.3) is 0 Å². The first-order valence-corrected chi connectivity index (χ1v) is 5.82. The van der Waals surface area contributed by atoms with E-state index in [1.807, 2.05) is 0 Å². The van der Waals surface area contributed by atoms with Gasteiger partial charge in [-0.3, -0.25) is 4.90 Å². The summed E-state index contributed by atoms with van der Waals surface area (Å²) in [7, 11) is 0. The maximum absolute atomic E-state index is 12.1. The van der Waals surface area contributed by atoms with E-state index in [2.05, 4.69) is 10.6 Å². The van der Waals surface area contributed by atoms with Gasteiger partial charge < -0.3 is 15.7 Å². The van der Waals surface area contributed by atoms with Crippen molar-refractivity contribution in [2.75, 3.05) is 39.3 Å². The van der Waals surface area contributed by atoms with Crippen LogP contribution in [-0.2, 0) is 0 Å². The fourth-order valence-electron chi connectivity index (χ4n) is 1.95. The zero-order valence-corrected chi connectivity index (χ0v) is 9.96. The van der Waals surface area contributed by atoms with E-state index in [1.165, 1.54) is 4.90 Å². The van der Waals surface area contributed by atoms with E-state index in [0.717, 1.165) is 0 Å². The fourth-order valence-corrected chi connectivity index (χ4v) is 1.95. The van der Waals surface area contributed by atoms with Gasteiger partial charge in [-0.05, 0) is 18.9 Å². The van der Waals surface area contributed by atoms with Crippen LogP contribution in [0.25, 0.3) is 0 Å². The van der Waals surface area contributed by atoms with Gasteiger partial charge in [-0.15, -0.1) is 0 Å². The molecule has 18 heavy (non-hydrogen) atoms. The maximum atomic E-state index is 12.1. The Morgan fingerprint density at radius 1 is 1.39 bits per heavy atom. The lowest BCUT2D eigenvalue weighted by molar-refractivity contribution is -0.143. The minimum absolute atomic E-state index is 0.0484. The topological polar surface area (TPSA) is 64.6 Å². The molecule has 0 aromatic heterocycles. The molecule has 0 aromatic carbocycles. The lowest BCUT2D eigenvalue weighted by atomic mass is 10.1. The van der Waals surface area contributed by atoms with Crippen LogP contribution in [-0.4, -0.2) is 61.5 Å². The number of urea groups is 1. The second kappa shape index (κ2) is 6.79. The summed E-state index contributed by atoms with van der Waals surface area (Å²) in [5.74, 6) is 0.0484. The van der Waals surface area contributed by atoms with Crippen LogP contribution in [0.15, 0.2) is 0 Å². The first-order valence-electron chi connectivity index (χ1n) is 5.82. The number of nitrogens with one attached hydrogen (secondary N) is 2. The number of aliphatic hydroxyl groups is 1. The summed E-state index contributed by atoms with van der Waals surface area (Å²) >= 11 is 0. The van der Waals surface area contributed by atoms with Gasteiger partial charge in [0.1, 0.15) is 0 Å². The average molecular weight is 269 g/mol. The lowest BCUT2D eigenvalue weighted by Crippen LogP contribution is -2.40. The molecule has 0 aliphatic carbocycles. The standard InChI is InChI=1S/C10H18F3N3O2/c11-10(12,13)7-16-3-1-8(6-16)5-15-9(18)14-2-4-17/h8,17H,1-7H2,(H2,14,15,18). The van der Waals surface area contributed by atoms with Gasteiger partial charge in [-0.1, -0.05) is 0 Å². The normalized spacial score (nSPS) is 21.0. The van der Waals surface area contributed by atoms with Crippen LogP contribution >= 0.6 is 0 Å². The van der Waals surface area contributed by atoms with Crippen LogP contribution in [0.4, 0.5) is 18.0 Å². The number of carbonyl (C=O) groups is 1. The van der Waals surface area contributed by atoms with Gasteiger partial charge in [-0.2, -0.15) is 13.2 Å². The smallest absolute Gasteiger partial charge is 0.395 e. The minimum Gasteiger partial charge on any atom is -0.395 e. The molecule has 1 aliphatic rings. The Morgan fingerprint density at radius 3 is 2.72 bits per heavy atom. The van der Waals surface area contributed by atoms with Gasteiger partial charge in [0, 0.05) is 19.6 Å². The van der Waals surface area contributed by atoms with Crippen molar-refractivity contribution in [1.82, 2.24) is 15.5 Å². The van der Waals surface area contributed by atoms with Crippen molar-refractivity contribution >= 4 is 6.03 Å².